The highest BCUT2D eigenvalue weighted by atomic mass is 79.9. The molecule has 2 rings (SSSR count). The molecule has 0 heterocycles. The molecule has 0 unspecified atom stereocenters. The smallest absolute Gasteiger partial charge is 0.241 e. The van der Waals surface area contributed by atoms with E-state index in [4.69, 9.17) is 10.5 Å². The van der Waals surface area contributed by atoms with Gasteiger partial charge in [-0.2, -0.15) is 0 Å². The van der Waals surface area contributed by atoms with Crippen molar-refractivity contribution < 1.29 is 13.2 Å². The van der Waals surface area contributed by atoms with Gasteiger partial charge in [-0.25, -0.2) is 13.1 Å². The SMILES string of the molecule is COc1cc(S(=O)(=O)NCc2cccc(Br)c2)ccc1N. The third-order valence-corrected chi connectivity index (χ3v) is 4.76. The Kier molecular flexibility index (Phi) is 4.87. The molecule has 0 saturated heterocycles. The maximum atomic E-state index is 12.3. The van der Waals surface area contributed by atoms with Crippen LogP contribution in [0.25, 0.3) is 0 Å². The summed E-state index contributed by atoms with van der Waals surface area (Å²) in [7, 11) is -2.18. The summed E-state index contributed by atoms with van der Waals surface area (Å²) in [6.45, 7) is 0.203. The molecule has 0 fully saturated rings. The number of ether oxygens (including phenoxy) is 1. The third kappa shape index (κ3) is 3.96. The molecule has 0 radical (unpaired) electrons. The summed E-state index contributed by atoms with van der Waals surface area (Å²) in [4.78, 5) is 0.114. The molecular formula is C14H15BrN2O3S. The maximum Gasteiger partial charge on any atom is 0.241 e. The van der Waals surface area contributed by atoms with E-state index in [1.807, 2.05) is 24.3 Å². The molecule has 0 bridgehead atoms. The summed E-state index contributed by atoms with van der Waals surface area (Å²) in [5, 5.41) is 0. The number of hydrogen-bond donors (Lipinski definition) is 2. The number of hydrogen-bond acceptors (Lipinski definition) is 4. The largest absolute Gasteiger partial charge is 0.495 e. The van der Waals surface area contributed by atoms with Crippen LogP contribution in [-0.4, -0.2) is 15.5 Å². The number of benzene rings is 2. The first-order chi connectivity index (χ1) is 9.92. The summed E-state index contributed by atoms with van der Waals surface area (Å²) < 4.78 is 33.0. The van der Waals surface area contributed by atoms with Gasteiger partial charge >= 0.3 is 0 Å². The first kappa shape index (κ1) is 15.8. The monoisotopic (exact) mass is 370 g/mol. The van der Waals surface area contributed by atoms with Gasteiger partial charge in [-0.1, -0.05) is 28.1 Å². The fourth-order valence-electron chi connectivity index (χ4n) is 1.77. The second-order valence-electron chi connectivity index (χ2n) is 4.36. The van der Waals surface area contributed by atoms with Crippen LogP contribution < -0.4 is 15.2 Å². The van der Waals surface area contributed by atoms with Crippen molar-refractivity contribution in [2.45, 2.75) is 11.4 Å². The van der Waals surface area contributed by atoms with Crippen LogP contribution >= 0.6 is 15.9 Å². The minimum absolute atomic E-state index is 0.114. The van der Waals surface area contributed by atoms with Gasteiger partial charge in [0.05, 0.1) is 17.7 Å². The van der Waals surface area contributed by atoms with Crippen molar-refractivity contribution in [3.63, 3.8) is 0 Å². The van der Waals surface area contributed by atoms with Crippen molar-refractivity contribution in [1.29, 1.82) is 0 Å². The van der Waals surface area contributed by atoms with Gasteiger partial charge in [0.2, 0.25) is 10.0 Å². The van der Waals surface area contributed by atoms with Crippen LogP contribution in [0.3, 0.4) is 0 Å². The van der Waals surface area contributed by atoms with Crippen molar-refractivity contribution >= 4 is 31.6 Å². The third-order valence-electron chi connectivity index (χ3n) is 2.87. The minimum Gasteiger partial charge on any atom is -0.495 e. The van der Waals surface area contributed by atoms with E-state index >= 15 is 0 Å². The van der Waals surface area contributed by atoms with E-state index < -0.39 is 10.0 Å². The number of sulfonamides is 1. The zero-order chi connectivity index (χ0) is 15.5. The first-order valence-electron chi connectivity index (χ1n) is 6.10. The topological polar surface area (TPSA) is 81.4 Å². The Balaban J connectivity index is 2.18. The van der Waals surface area contributed by atoms with Gasteiger partial charge in [0.1, 0.15) is 5.75 Å². The summed E-state index contributed by atoms with van der Waals surface area (Å²) in [5.74, 6) is 0.334. The standard InChI is InChI=1S/C14H15BrN2O3S/c1-20-14-8-12(5-6-13(14)16)21(18,19)17-9-10-3-2-4-11(15)7-10/h2-8,17H,9,16H2,1H3. The van der Waals surface area contributed by atoms with Crippen LogP contribution in [0.1, 0.15) is 5.56 Å². The van der Waals surface area contributed by atoms with Crippen LogP contribution in [0.15, 0.2) is 51.8 Å². The Morgan fingerprint density at radius 2 is 2.00 bits per heavy atom. The van der Waals surface area contributed by atoms with Crippen molar-refractivity contribution in [2.24, 2.45) is 0 Å². The molecule has 21 heavy (non-hydrogen) atoms. The molecule has 0 aliphatic heterocycles. The van der Waals surface area contributed by atoms with Gasteiger partial charge < -0.3 is 10.5 Å². The lowest BCUT2D eigenvalue weighted by molar-refractivity contribution is 0.415. The van der Waals surface area contributed by atoms with Crippen molar-refractivity contribution in [2.75, 3.05) is 12.8 Å². The molecule has 0 aliphatic rings. The minimum atomic E-state index is -3.62. The van der Waals surface area contributed by atoms with Crippen molar-refractivity contribution in [1.82, 2.24) is 4.72 Å². The molecule has 3 N–H and O–H groups in total. The normalized spacial score (nSPS) is 11.3. The predicted octanol–water partition coefficient (Wildman–Crippen LogP) is 2.52. The Hall–Kier alpha value is -1.57. The molecule has 0 amide bonds. The first-order valence-corrected chi connectivity index (χ1v) is 8.37. The average molecular weight is 371 g/mol. The number of nitrogens with one attached hydrogen (secondary N) is 1. The molecule has 7 heteroatoms. The van der Waals surface area contributed by atoms with Gasteiger partial charge in [-0.15, -0.1) is 0 Å². The number of methoxy groups -OCH3 is 1. The fraction of sp³-hybridized carbons (Fsp3) is 0.143. The molecular weight excluding hydrogens is 356 g/mol. The van der Waals surface area contributed by atoms with Crippen LogP contribution in [0.5, 0.6) is 5.75 Å². The average Bonchev–Trinajstić information content (AvgIpc) is 2.46. The van der Waals surface area contributed by atoms with E-state index in [1.165, 1.54) is 25.3 Å². The quantitative estimate of drug-likeness (QED) is 0.792. The number of nitrogen functional groups attached to an aromatic ring is 1. The molecule has 0 aromatic heterocycles. The Labute approximate surface area is 132 Å². The fourth-order valence-corrected chi connectivity index (χ4v) is 3.25. The zero-order valence-corrected chi connectivity index (χ0v) is 13.7. The lowest BCUT2D eigenvalue weighted by atomic mass is 10.2. The molecule has 0 saturated carbocycles. The highest BCUT2D eigenvalue weighted by Gasteiger charge is 2.15. The van der Waals surface area contributed by atoms with Crippen LogP contribution in [0.4, 0.5) is 5.69 Å². The van der Waals surface area contributed by atoms with E-state index in [1.54, 1.807) is 0 Å². The molecule has 112 valence electrons. The molecule has 0 aliphatic carbocycles. The number of halogens is 1. The highest BCUT2D eigenvalue weighted by Crippen LogP contribution is 2.24. The van der Waals surface area contributed by atoms with E-state index in [0.29, 0.717) is 11.4 Å². The molecule has 2 aromatic rings. The van der Waals surface area contributed by atoms with Gasteiger partial charge in [0.15, 0.2) is 0 Å². The van der Waals surface area contributed by atoms with E-state index in [2.05, 4.69) is 20.7 Å². The zero-order valence-electron chi connectivity index (χ0n) is 11.3. The number of nitrogens with two attached hydrogens (primary N) is 1. The molecule has 0 atom stereocenters. The van der Waals surface area contributed by atoms with Crippen LogP contribution in [-0.2, 0) is 16.6 Å². The number of anilines is 1. The second kappa shape index (κ2) is 6.46. The number of rotatable bonds is 5. The van der Waals surface area contributed by atoms with Crippen molar-refractivity contribution in [3.05, 3.63) is 52.5 Å². The lowest BCUT2D eigenvalue weighted by Gasteiger charge is -2.10. The summed E-state index contributed by atoms with van der Waals surface area (Å²) in [5.41, 5.74) is 6.93. The van der Waals surface area contributed by atoms with Crippen LogP contribution in [0, 0.1) is 0 Å². The van der Waals surface area contributed by atoms with Crippen LogP contribution in [0.2, 0.25) is 0 Å². The highest BCUT2D eigenvalue weighted by molar-refractivity contribution is 9.10. The molecule has 0 spiro atoms. The van der Waals surface area contributed by atoms with E-state index in [9.17, 15) is 8.42 Å². The Morgan fingerprint density at radius 1 is 1.24 bits per heavy atom. The van der Waals surface area contributed by atoms with E-state index in [-0.39, 0.29) is 11.4 Å². The van der Waals surface area contributed by atoms with Gasteiger partial charge in [0.25, 0.3) is 0 Å². The molecule has 5 nitrogen and oxygen atoms in total. The predicted molar refractivity (Wildman–Crippen MR) is 85.6 cm³/mol. The van der Waals surface area contributed by atoms with E-state index in [0.717, 1.165) is 10.0 Å². The second-order valence-corrected chi connectivity index (χ2v) is 7.04. The lowest BCUT2D eigenvalue weighted by Crippen LogP contribution is -2.23. The Bertz CT molecular complexity index is 748. The van der Waals surface area contributed by atoms with Gasteiger partial charge in [-0.05, 0) is 29.8 Å². The summed E-state index contributed by atoms with van der Waals surface area (Å²) in [6.07, 6.45) is 0. The van der Waals surface area contributed by atoms with Gasteiger partial charge in [0, 0.05) is 17.1 Å². The molecule has 2 aromatic carbocycles. The van der Waals surface area contributed by atoms with Gasteiger partial charge in [-0.3, -0.25) is 0 Å². The van der Waals surface area contributed by atoms with Crippen molar-refractivity contribution in [3.8, 4) is 5.75 Å². The Morgan fingerprint density at radius 3 is 2.67 bits per heavy atom. The summed E-state index contributed by atoms with van der Waals surface area (Å²) in [6, 6.07) is 11.8. The maximum absolute atomic E-state index is 12.3. The summed E-state index contributed by atoms with van der Waals surface area (Å²) >= 11 is 3.35.